The minimum atomic E-state index is -0.412. The van der Waals surface area contributed by atoms with Gasteiger partial charge in [-0.25, -0.2) is 4.79 Å². The number of esters is 1. The van der Waals surface area contributed by atoms with Gasteiger partial charge >= 0.3 is 5.97 Å². The van der Waals surface area contributed by atoms with E-state index in [1.54, 1.807) is 36.9 Å². The Morgan fingerprint density at radius 3 is 2.49 bits per heavy atom. The molecule has 35 heavy (non-hydrogen) atoms. The Balaban J connectivity index is 1.53. The van der Waals surface area contributed by atoms with Gasteiger partial charge in [-0.15, -0.1) is 0 Å². The van der Waals surface area contributed by atoms with E-state index < -0.39 is 5.97 Å². The lowest BCUT2D eigenvalue weighted by Gasteiger charge is -2.33. The smallest absolute Gasteiger partial charge is 0.358 e. The number of hydrogen-bond donors (Lipinski definition) is 0. The van der Waals surface area contributed by atoms with Crippen molar-refractivity contribution in [1.29, 1.82) is 0 Å². The maximum Gasteiger partial charge on any atom is 0.358 e. The highest BCUT2D eigenvalue weighted by atomic mass is 35.5. The van der Waals surface area contributed by atoms with Crippen molar-refractivity contribution in [3.05, 3.63) is 57.0 Å². The number of hydrogen-bond acceptors (Lipinski definition) is 6. The van der Waals surface area contributed by atoms with Crippen LogP contribution in [0.2, 0.25) is 10.0 Å². The first kappa shape index (κ1) is 25.3. The van der Waals surface area contributed by atoms with E-state index in [9.17, 15) is 9.59 Å². The molecule has 0 unspecified atom stereocenters. The van der Waals surface area contributed by atoms with Gasteiger partial charge < -0.3 is 14.2 Å². The molecular weight excluding hydrogens is 491 g/mol. The van der Waals surface area contributed by atoms with E-state index in [1.807, 2.05) is 10.7 Å². The van der Waals surface area contributed by atoms with E-state index in [0.717, 1.165) is 18.5 Å². The molecule has 3 heterocycles. The largest absolute Gasteiger partial charge is 0.461 e. The maximum absolute atomic E-state index is 13.5. The zero-order valence-electron chi connectivity index (χ0n) is 20.0. The Labute approximate surface area is 214 Å². The van der Waals surface area contributed by atoms with Crippen LogP contribution in [0.4, 0.5) is 0 Å². The normalized spacial score (nSPS) is 14.4. The van der Waals surface area contributed by atoms with Crippen molar-refractivity contribution in [2.45, 2.75) is 52.5 Å². The van der Waals surface area contributed by atoms with Crippen molar-refractivity contribution in [2.75, 3.05) is 19.7 Å². The molecule has 1 amide bonds. The number of benzene rings is 1. The standard InChI is InChI=1S/C25H28Cl2N4O4/c1-4-7-17-14-20(25(33)34-5-2)28-31(17)16-10-12-30(13-11-16)24(32)21-15(3)35-29-23(21)22-18(26)8-6-9-19(22)27/h6,8-9,14,16H,4-5,7,10-13H2,1-3H3. The second kappa shape index (κ2) is 10.8. The van der Waals surface area contributed by atoms with Crippen LogP contribution in [-0.2, 0) is 11.2 Å². The first-order valence-corrected chi connectivity index (χ1v) is 12.6. The Kier molecular flexibility index (Phi) is 7.82. The number of likely N-dealkylation sites (tertiary alicyclic amines) is 1. The van der Waals surface area contributed by atoms with Gasteiger partial charge in [-0.05, 0) is 51.3 Å². The van der Waals surface area contributed by atoms with Crippen molar-refractivity contribution in [2.24, 2.45) is 0 Å². The highest BCUT2D eigenvalue weighted by Crippen LogP contribution is 2.37. The molecule has 8 nitrogen and oxygen atoms in total. The number of ether oxygens (including phenoxy) is 1. The zero-order valence-corrected chi connectivity index (χ0v) is 21.5. The summed E-state index contributed by atoms with van der Waals surface area (Å²) in [4.78, 5) is 27.5. The molecule has 4 rings (SSSR count). The third-order valence-electron chi connectivity index (χ3n) is 6.18. The molecule has 0 bridgehead atoms. The Morgan fingerprint density at radius 1 is 1.17 bits per heavy atom. The summed E-state index contributed by atoms with van der Waals surface area (Å²) in [5.41, 5.74) is 2.54. The summed E-state index contributed by atoms with van der Waals surface area (Å²) < 4.78 is 12.4. The fraction of sp³-hybridized carbons (Fsp3) is 0.440. The molecule has 0 radical (unpaired) electrons. The second-order valence-corrected chi connectivity index (χ2v) is 9.33. The van der Waals surface area contributed by atoms with Gasteiger partial charge in [0.25, 0.3) is 5.91 Å². The molecule has 0 spiro atoms. The first-order chi connectivity index (χ1) is 16.8. The van der Waals surface area contributed by atoms with Gasteiger partial charge in [0.2, 0.25) is 0 Å². The van der Waals surface area contributed by atoms with Crippen LogP contribution in [0.3, 0.4) is 0 Å². The van der Waals surface area contributed by atoms with Crippen molar-refractivity contribution >= 4 is 35.1 Å². The Hall–Kier alpha value is -2.84. The van der Waals surface area contributed by atoms with Crippen LogP contribution in [0.25, 0.3) is 11.3 Å². The fourth-order valence-corrected chi connectivity index (χ4v) is 5.06. The predicted molar refractivity (Wildman–Crippen MR) is 133 cm³/mol. The van der Waals surface area contributed by atoms with E-state index in [4.69, 9.17) is 32.5 Å². The lowest BCUT2D eigenvalue weighted by Crippen LogP contribution is -2.39. The van der Waals surface area contributed by atoms with Gasteiger partial charge in [0.05, 0.1) is 22.7 Å². The van der Waals surface area contributed by atoms with Crippen LogP contribution in [0, 0.1) is 6.92 Å². The fourth-order valence-electron chi connectivity index (χ4n) is 4.49. The van der Waals surface area contributed by atoms with Crippen molar-refractivity contribution in [3.8, 4) is 11.3 Å². The average molecular weight is 519 g/mol. The van der Waals surface area contributed by atoms with Crippen molar-refractivity contribution in [1.82, 2.24) is 19.8 Å². The summed E-state index contributed by atoms with van der Waals surface area (Å²) in [5, 5.41) is 9.47. The highest BCUT2D eigenvalue weighted by molar-refractivity contribution is 6.39. The predicted octanol–water partition coefficient (Wildman–Crippen LogP) is 5.76. The van der Waals surface area contributed by atoms with Crippen LogP contribution in [-0.4, -0.2) is 51.4 Å². The lowest BCUT2D eigenvalue weighted by atomic mass is 10.0. The topological polar surface area (TPSA) is 90.5 Å². The minimum Gasteiger partial charge on any atom is -0.461 e. The van der Waals surface area contributed by atoms with Gasteiger partial charge in [0, 0.05) is 24.3 Å². The van der Waals surface area contributed by atoms with Crippen molar-refractivity contribution in [3.63, 3.8) is 0 Å². The molecule has 1 fully saturated rings. The SMILES string of the molecule is CCCc1cc(C(=O)OCC)nn1C1CCN(C(=O)c2c(-c3c(Cl)cccc3Cl)noc2C)CC1. The molecule has 1 aliphatic rings. The highest BCUT2D eigenvalue weighted by Gasteiger charge is 2.32. The number of rotatable bonds is 7. The summed E-state index contributed by atoms with van der Waals surface area (Å²) in [7, 11) is 0. The van der Waals surface area contributed by atoms with E-state index in [1.165, 1.54) is 0 Å². The number of carbonyl (C=O) groups excluding carboxylic acids is 2. The number of aryl methyl sites for hydroxylation is 2. The average Bonchev–Trinajstić information content (AvgIpc) is 3.43. The molecule has 3 aromatic rings. The molecule has 1 aromatic carbocycles. The molecule has 186 valence electrons. The maximum atomic E-state index is 13.5. The van der Waals surface area contributed by atoms with Gasteiger partial charge in [-0.3, -0.25) is 9.48 Å². The summed E-state index contributed by atoms with van der Waals surface area (Å²) in [6, 6.07) is 7.05. The number of amides is 1. The molecule has 0 atom stereocenters. The van der Waals surface area contributed by atoms with E-state index in [2.05, 4.69) is 17.2 Å². The summed E-state index contributed by atoms with van der Waals surface area (Å²) in [5.74, 6) is -0.168. The summed E-state index contributed by atoms with van der Waals surface area (Å²) >= 11 is 12.7. The van der Waals surface area contributed by atoms with Gasteiger partial charge in [-0.1, -0.05) is 47.8 Å². The number of carbonyl (C=O) groups is 2. The van der Waals surface area contributed by atoms with E-state index >= 15 is 0 Å². The molecule has 1 aliphatic heterocycles. The van der Waals surface area contributed by atoms with Crippen LogP contribution < -0.4 is 0 Å². The third-order valence-corrected chi connectivity index (χ3v) is 6.81. The van der Waals surface area contributed by atoms with Crippen LogP contribution >= 0.6 is 23.2 Å². The number of nitrogens with zero attached hydrogens (tertiary/aromatic N) is 4. The monoisotopic (exact) mass is 518 g/mol. The Bertz CT molecular complexity index is 1210. The van der Waals surface area contributed by atoms with E-state index in [0.29, 0.717) is 70.9 Å². The summed E-state index contributed by atoms with van der Waals surface area (Å²) in [6.45, 7) is 6.94. The number of piperidine rings is 1. The quantitative estimate of drug-likeness (QED) is 0.369. The summed E-state index contributed by atoms with van der Waals surface area (Å²) in [6.07, 6.45) is 3.16. The van der Waals surface area contributed by atoms with Crippen molar-refractivity contribution < 1.29 is 18.8 Å². The lowest BCUT2D eigenvalue weighted by molar-refractivity contribution is 0.0517. The van der Waals surface area contributed by atoms with Crippen LogP contribution in [0.15, 0.2) is 28.8 Å². The number of aromatic nitrogens is 3. The molecule has 2 aromatic heterocycles. The molecule has 1 saturated heterocycles. The molecule has 0 N–H and O–H groups in total. The molecule has 10 heteroatoms. The Morgan fingerprint density at radius 2 is 1.86 bits per heavy atom. The minimum absolute atomic E-state index is 0.0878. The second-order valence-electron chi connectivity index (χ2n) is 8.52. The van der Waals surface area contributed by atoms with Gasteiger partial charge in [0.1, 0.15) is 17.0 Å². The zero-order chi connectivity index (χ0) is 25.1. The van der Waals surface area contributed by atoms with Gasteiger partial charge in [0.15, 0.2) is 5.69 Å². The van der Waals surface area contributed by atoms with Gasteiger partial charge in [-0.2, -0.15) is 5.10 Å². The van der Waals surface area contributed by atoms with Crippen LogP contribution in [0.1, 0.15) is 71.5 Å². The van der Waals surface area contributed by atoms with Crippen LogP contribution in [0.5, 0.6) is 0 Å². The first-order valence-electron chi connectivity index (χ1n) is 11.8. The van der Waals surface area contributed by atoms with E-state index in [-0.39, 0.29) is 11.9 Å². The molecule has 0 saturated carbocycles. The number of halogens is 2. The molecule has 0 aliphatic carbocycles. The molecular formula is C25H28Cl2N4O4. The third kappa shape index (κ3) is 5.09.